The zero-order chi connectivity index (χ0) is 17.8. The molecule has 6 nitrogen and oxygen atoms in total. The molecule has 0 saturated carbocycles. The molecule has 1 heterocycles. The number of nitrogens with zero attached hydrogens (tertiary/aromatic N) is 3. The first-order valence-electron chi connectivity index (χ1n) is 7.19. The van der Waals surface area contributed by atoms with E-state index in [1.165, 1.54) is 35.6 Å². The molecule has 0 atom stereocenters. The number of aromatic hydroxyl groups is 1. The normalized spacial score (nSPS) is 11.1. The smallest absolute Gasteiger partial charge is 0.311 e. The van der Waals surface area contributed by atoms with Gasteiger partial charge in [-0.15, -0.1) is 11.3 Å². The highest BCUT2D eigenvalue weighted by Gasteiger charge is 2.14. The predicted octanol–water partition coefficient (Wildman–Crippen LogP) is 4.49. The Morgan fingerprint density at radius 3 is 2.72 bits per heavy atom. The van der Waals surface area contributed by atoms with Crippen LogP contribution in [0.25, 0.3) is 22.9 Å². The molecule has 0 radical (unpaired) electrons. The van der Waals surface area contributed by atoms with Crippen molar-refractivity contribution in [3.05, 3.63) is 74.6 Å². The average Bonchev–Trinajstić information content (AvgIpc) is 3.11. The molecule has 0 spiro atoms. The summed E-state index contributed by atoms with van der Waals surface area (Å²) in [7, 11) is 0. The number of nitriles is 1. The van der Waals surface area contributed by atoms with E-state index in [0.29, 0.717) is 16.1 Å². The van der Waals surface area contributed by atoms with Crippen LogP contribution in [0.15, 0.2) is 53.9 Å². The van der Waals surface area contributed by atoms with Gasteiger partial charge in [-0.05, 0) is 17.7 Å². The van der Waals surface area contributed by atoms with E-state index in [4.69, 9.17) is 0 Å². The van der Waals surface area contributed by atoms with Crippen molar-refractivity contribution in [3.8, 4) is 23.1 Å². The van der Waals surface area contributed by atoms with Gasteiger partial charge in [0.05, 0.1) is 16.2 Å². The second-order valence-corrected chi connectivity index (χ2v) is 5.94. The van der Waals surface area contributed by atoms with Gasteiger partial charge in [-0.25, -0.2) is 4.98 Å². The summed E-state index contributed by atoms with van der Waals surface area (Å²) < 4.78 is 0. The Labute approximate surface area is 147 Å². The van der Waals surface area contributed by atoms with Gasteiger partial charge in [0.25, 0.3) is 0 Å². The van der Waals surface area contributed by atoms with Crippen molar-refractivity contribution in [2.45, 2.75) is 0 Å². The minimum Gasteiger partial charge on any atom is -0.502 e. The number of nitro benzene ring substituents is 1. The number of hydrogen-bond acceptors (Lipinski definition) is 6. The van der Waals surface area contributed by atoms with E-state index in [1.54, 1.807) is 0 Å². The Balaban J connectivity index is 1.97. The van der Waals surface area contributed by atoms with Crippen LogP contribution in [0.4, 0.5) is 5.69 Å². The van der Waals surface area contributed by atoms with E-state index in [2.05, 4.69) is 11.1 Å². The minimum absolute atomic E-state index is 0.298. The molecule has 0 unspecified atom stereocenters. The molecule has 122 valence electrons. The molecule has 0 amide bonds. The first-order chi connectivity index (χ1) is 12.1. The molecule has 2 aromatic carbocycles. The summed E-state index contributed by atoms with van der Waals surface area (Å²) in [6.07, 6.45) is 1.51. The van der Waals surface area contributed by atoms with E-state index < -0.39 is 16.4 Å². The Kier molecular flexibility index (Phi) is 4.55. The lowest BCUT2D eigenvalue weighted by Crippen LogP contribution is -1.89. The highest BCUT2D eigenvalue weighted by atomic mass is 32.1. The van der Waals surface area contributed by atoms with Crippen molar-refractivity contribution in [2.24, 2.45) is 0 Å². The van der Waals surface area contributed by atoms with Crippen LogP contribution in [0.5, 0.6) is 5.75 Å². The molecule has 0 saturated heterocycles. The molecular weight excluding hydrogens is 338 g/mol. The first-order valence-corrected chi connectivity index (χ1v) is 8.07. The minimum atomic E-state index is -0.671. The van der Waals surface area contributed by atoms with Crippen LogP contribution >= 0.6 is 11.3 Å². The molecule has 0 aliphatic rings. The summed E-state index contributed by atoms with van der Waals surface area (Å²) in [4.78, 5) is 14.7. The third kappa shape index (κ3) is 3.54. The van der Waals surface area contributed by atoms with Crippen molar-refractivity contribution in [3.63, 3.8) is 0 Å². The predicted molar refractivity (Wildman–Crippen MR) is 95.8 cm³/mol. The summed E-state index contributed by atoms with van der Waals surface area (Å²) in [5.41, 5.74) is 2.04. The summed E-state index contributed by atoms with van der Waals surface area (Å²) in [5.74, 6) is -0.415. The molecular formula is C18H11N3O3S. The van der Waals surface area contributed by atoms with Crippen molar-refractivity contribution >= 4 is 28.7 Å². The van der Waals surface area contributed by atoms with Crippen LogP contribution in [0.3, 0.4) is 0 Å². The Bertz CT molecular complexity index is 1000. The number of thiazole rings is 1. The number of nitro groups is 1. The maximum absolute atomic E-state index is 10.9. The molecule has 0 aliphatic heterocycles. The molecule has 0 aliphatic carbocycles. The summed E-state index contributed by atoms with van der Waals surface area (Å²) in [6.45, 7) is 0. The Hall–Kier alpha value is -3.50. The van der Waals surface area contributed by atoms with Gasteiger partial charge in [0.15, 0.2) is 5.75 Å². The largest absolute Gasteiger partial charge is 0.502 e. The molecule has 25 heavy (non-hydrogen) atoms. The summed E-state index contributed by atoms with van der Waals surface area (Å²) >= 11 is 1.32. The van der Waals surface area contributed by atoms with Gasteiger partial charge >= 0.3 is 5.69 Å². The van der Waals surface area contributed by atoms with Crippen LogP contribution in [-0.2, 0) is 0 Å². The van der Waals surface area contributed by atoms with Gasteiger partial charge < -0.3 is 5.11 Å². The second-order valence-electron chi connectivity index (χ2n) is 5.08. The van der Waals surface area contributed by atoms with E-state index in [1.807, 2.05) is 35.7 Å². The van der Waals surface area contributed by atoms with Crippen LogP contribution in [0.2, 0.25) is 0 Å². The molecule has 1 aromatic heterocycles. The maximum Gasteiger partial charge on any atom is 0.311 e. The number of allylic oxidation sites excluding steroid dienone is 1. The second kappa shape index (κ2) is 6.95. The molecule has 3 aromatic rings. The Morgan fingerprint density at radius 2 is 2.04 bits per heavy atom. The lowest BCUT2D eigenvalue weighted by atomic mass is 10.1. The van der Waals surface area contributed by atoms with Crippen LogP contribution < -0.4 is 0 Å². The fraction of sp³-hybridized carbons (Fsp3) is 0. The van der Waals surface area contributed by atoms with Crippen LogP contribution in [0, 0.1) is 21.4 Å². The Morgan fingerprint density at radius 1 is 1.28 bits per heavy atom. The quantitative estimate of drug-likeness (QED) is 0.425. The van der Waals surface area contributed by atoms with Crippen molar-refractivity contribution in [1.82, 2.24) is 4.98 Å². The highest BCUT2D eigenvalue weighted by Crippen LogP contribution is 2.30. The van der Waals surface area contributed by atoms with Crippen molar-refractivity contribution < 1.29 is 10.0 Å². The monoisotopic (exact) mass is 349 g/mol. The molecule has 3 rings (SSSR count). The van der Waals surface area contributed by atoms with E-state index >= 15 is 0 Å². The van der Waals surface area contributed by atoms with E-state index in [-0.39, 0.29) is 0 Å². The topological polar surface area (TPSA) is 100 Å². The lowest BCUT2D eigenvalue weighted by molar-refractivity contribution is -0.385. The third-order valence-electron chi connectivity index (χ3n) is 3.43. The molecule has 7 heteroatoms. The standard InChI is InChI=1S/C18H11N3O3S/c19-10-14(8-12-6-7-17(22)16(9-12)21(23)24)18-20-15(11-25-18)13-4-2-1-3-5-13/h1-9,11,22H. The maximum atomic E-state index is 10.9. The number of hydrogen-bond donors (Lipinski definition) is 1. The van der Waals surface area contributed by atoms with Crippen molar-refractivity contribution in [2.75, 3.05) is 0 Å². The number of phenolic OH excluding ortho intramolecular Hbond substituents is 1. The highest BCUT2D eigenvalue weighted by molar-refractivity contribution is 7.11. The van der Waals surface area contributed by atoms with Crippen LogP contribution in [-0.4, -0.2) is 15.0 Å². The molecule has 0 fully saturated rings. The number of rotatable bonds is 4. The fourth-order valence-corrected chi connectivity index (χ4v) is 3.02. The van der Waals surface area contributed by atoms with Gasteiger partial charge in [-0.2, -0.15) is 5.26 Å². The van der Waals surface area contributed by atoms with Gasteiger partial charge in [-0.3, -0.25) is 10.1 Å². The molecule has 1 N–H and O–H groups in total. The van der Waals surface area contributed by atoms with Gasteiger partial charge in [0.1, 0.15) is 11.1 Å². The summed E-state index contributed by atoms with van der Waals surface area (Å²) in [5, 5.41) is 32.2. The van der Waals surface area contributed by atoms with Gasteiger partial charge in [0, 0.05) is 17.0 Å². The lowest BCUT2D eigenvalue weighted by Gasteiger charge is -1.99. The van der Waals surface area contributed by atoms with Gasteiger partial charge in [-0.1, -0.05) is 36.4 Å². The van der Waals surface area contributed by atoms with Crippen molar-refractivity contribution in [1.29, 1.82) is 5.26 Å². The third-order valence-corrected chi connectivity index (χ3v) is 4.31. The zero-order valence-electron chi connectivity index (χ0n) is 12.8. The average molecular weight is 349 g/mol. The van der Waals surface area contributed by atoms with E-state index in [9.17, 15) is 20.5 Å². The van der Waals surface area contributed by atoms with Gasteiger partial charge in [0.2, 0.25) is 0 Å². The molecule has 0 bridgehead atoms. The zero-order valence-corrected chi connectivity index (χ0v) is 13.6. The van der Waals surface area contributed by atoms with E-state index in [0.717, 1.165) is 11.3 Å². The summed E-state index contributed by atoms with van der Waals surface area (Å²) in [6, 6.07) is 15.6. The first kappa shape index (κ1) is 16.4. The SMILES string of the molecule is N#CC(=Cc1ccc(O)c([N+](=O)[O-])c1)c1nc(-c2ccccc2)cs1. The number of phenols is 1. The van der Waals surface area contributed by atoms with Crippen LogP contribution in [0.1, 0.15) is 10.6 Å². The number of aromatic nitrogens is 1. The fourth-order valence-electron chi connectivity index (χ4n) is 2.22. The number of benzene rings is 2.